The molecule has 28 heavy (non-hydrogen) atoms. The van der Waals surface area contributed by atoms with Crippen molar-refractivity contribution in [3.05, 3.63) is 77.6 Å². The Labute approximate surface area is 157 Å². The minimum Gasteiger partial charge on any atom is -0.345 e. The molecular weight excluding hydrogens is 371 g/mol. The van der Waals surface area contributed by atoms with Crippen LogP contribution in [-0.4, -0.2) is 25.7 Å². The molecule has 1 aliphatic rings. The molecule has 0 unspecified atom stereocenters. The van der Waals surface area contributed by atoms with Crippen LogP contribution in [0.4, 0.5) is 19.1 Å². The van der Waals surface area contributed by atoms with Crippen molar-refractivity contribution in [1.82, 2.24) is 19.9 Å². The topological polar surface area (TPSA) is 80.7 Å². The van der Waals surface area contributed by atoms with Crippen LogP contribution in [-0.2, 0) is 11.7 Å². The van der Waals surface area contributed by atoms with Crippen molar-refractivity contribution in [2.75, 3.05) is 5.32 Å². The van der Waals surface area contributed by atoms with E-state index in [-0.39, 0.29) is 22.7 Å². The third-order valence-corrected chi connectivity index (χ3v) is 4.55. The Bertz CT molecular complexity index is 1020. The zero-order valence-corrected chi connectivity index (χ0v) is 14.4. The van der Waals surface area contributed by atoms with E-state index in [0.29, 0.717) is 0 Å². The molecule has 0 radical (unpaired) electrons. The fourth-order valence-electron chi connectivity index (χ4n) is 2.90. The summed E-state index contributed by atoms with van der Waals surface area (Å²) < 4.78 is 38.7. The summed E-state index contributed by atoms with van der Waals surface area (Å²) in [7, 11) is 0. The summed E-state index contributed by atoms with van der Waals surface area (Å²) in [5, 5.41) is 3.19. The lowest BCUT2D eigenvalue weighted by Crippen LogP contribution is -2.21. The second-order valence-corrected chi connectivity index (χ2v) is 6.51. The summed E-state index contributed by atoms with van der Waals surface area (Å²) in [5.74, 6) is -0.386. The van der Waals surface area contributed by atoms with E-state index in [2.05, 4.69) is 25.3 Å². The lowest BCUT2D eigenvalue weighted by molar-refractivity contribution is -0.137. The van der Waals surface area contributed by atoms with Crippen molar-refractivity contribution < 1.29 is 18.0 Å². The highest BCUT2D eigenvalue weighted by Gasteiger charge is 2.45. The fourth-order valence-corrected chi connectivity index (χ4v) is 2.90. The van der Waals surface area contributed by atoms with E-state index in [1.165, 1.54) is 30.7 Å². The number of carbonyl (C=O) groups is 1. The Morgan fingerprint density at radius 3 is 2.54 bits per heavy atom. The molecule has 9 heteroatoms. The first-order valence-corrected chi connectivity index (χ1v) is 8.46. The maximum absolute atomic E-state index is 12.9. The second-order valence-electron chi connectivity index (χ2n) is 6.51. The van der Waals surface area contributed by atoms with Gasteiger partial charge < -0.3 is 5.32 Å². The monoisotopic (exact) mass is 385 g/mol. The van der Waals surface area contributed by atoms with Gasteiger partial charge in [-0.05, 0) is 31.0 Å². The largest absolute Gasteiger partial charge is 0.416 e. The Hall–Kier alpha value is -3.36. The zero-order valence-electron chi connectivity index (χ0n) is 14.4. The molecule has 0 saturated heterocycles. The van der Waals surface area contributed by atoms with Crippen LogP contribution in [0.3, 0.4) is 0 Å². The van der Waals surface area contributed by atoms with Gasteiger partial charge >= 0.3 is 6.18 Å². The fraction of sp³-hybridized carbons (Fsp3) is 0.211. The van der Waals surface area contributed by atoms with Gasteiger partial charge in [-0.2, -0.15) is 13.2 Å². The number of ketones is 1. The molecule has 1 saturated carbocycles. The summed E-state index contributed by atoms with van der Waals surface area (Å²) in [5.41, 5.74) is -0.465. The summed E-state index contributed by atoms with van der Waals surface area (Å²) in [6.45, 7) is 0. The van der Waals surface area contributed by atoms with Crippen LogP contribution >= 0.6 is 0 Å². The number of nitrogens with one attached hydrogen (secondary N) is 1. The number of anilines is 1. The number of rotatable bonds is 5. The molecule has 4 rings (SSSR count). The van der Waals surface area contributed by atoms with Gasteiger partial charge in [0.1, 0.15) is 12.0 Å². The van der Waals surface area contributed by atoms with Gasteiger partial charge in [0.05, 0.1) is 11.1 Å². The molecule has 3 aromatic rings. The first-order valence-electron chi connectivity index (χ1n) is 8.46. The van der Waals surface area contributed by atoms with Crippen molar-refractivity contribution in [2.45, 2.75) is 24.6 Å². The van der Waals surface area contributed by atoms with E-state index in [1.54, 1.807) is 12.4 Å². The molecule has 1 fully saturated rings. The van der Waals surface area contributed by atoms with Crippen LogP contribution in [0, 0.1) is 0 Å². The highest BCUT2D eigenvalue weighted by Crippen LogP contribution is 2.47. The number of hydrogen-bond donors (Lipinski definition) is 1. The van der Waals surface area contributed by atoms with Crippen molar-refractivity contribution in [2.24, 2.45) is 0 Å². The summed E-state index contributed by atoms with van der Waals surface area (Å²) in [6.07, 6.45) is 3.36. The number of halogens is 3. The zero-order chi connectivity index (χ0) is 19.8. The van der Waals surface area contributed by atoms with Crippen molar-refractivity contribution in [3.63, 3.8) is 0 Å². The molecule has 1 N–H and O–H groups in total. The third-order valence-electron chi connectivity index (χ3n) is 4.55. The molecule has 1 aliphatic carbocycles. The lowest BCUT2D eigenvalue weighted by Gasteiger charge is -2.17. The molecule has 2 aromatic heterocycles. The van der Waals surface area contributed by atoms with Crippen molar-refractivity contribution >= 4 is 11.7 Å². The van der Waals surface area contributed by atoms with Crippen molar-refractivity contribution in [1.29, 1.82) is 0 Å². The molecule has 0 bridgehead atoms. The third kappa shape index (κ3) is 3.55. The van der Waals surface area contributed by atoms with Gasteiger partial charge in [-0.15, -0.1) is 0 Å². The van der Waals surface area contributed by atoms with Gasteiger partial charge in [-0.3, -0.25) is 4.79 Å². The van der Waals surface area contributed by atoms with Gasteiger partial charge in [0.15, 0.2) is 0 Å². The maximum atomic E-state index is 12.9. The van der Waals surface area contributed by atoms with Crippen LogP contribution in [0.25, 0.3) is 0 Å². The van der Waals surface area contributed by atoms with Crippen LogP contribution in [0.15, 0.2) is 55.2 Å². The second kappa shape index (κ2) is 6.66. The van der Waals surface area contributed by atoms with Crippen LogP contribution in [0.5, 0.6) is 0 Å². The number of hydrogen-bond acceptors (Lipinski definition) is 6. The van der Waals surface area contributed by atoms with E-state index >= 15 is 0 Å². The summed E-state index contributed by atoms with van der Waals surface area (Å²) in [4.78, 5) is 29.0. The average Bonchev–Trinajstić information content (AvgIpc) is 3.48. The van der Waals surface area contributed by atoms with Gasteiger partial charge in [-0.1, -0.05) is 12.1 Å². The number of alkyl halides is 3. The first kappa shape index (κ1) is 18.0. The standard InChI is InChI=1S/C19H14F3N5O/c20-19(21,22)13-3-1-2-12(8-13)16(28)15-4-7-25-17(26-15)27-18(5-6-18)14-9-23-11-24-10-14/h1-4,7-11H,5-6H2,(H,25,26,27). The molecule has 0 amide bonds. The SMILES string of the molecule is O=C(c1cccc(C(F)(F)F)c1)c1ccnc(NC2(c3cncnc3)CC2)n1. The Morgan fingerprint density at radius 2 is 1.86 bits per heavy atom. The van der Waals surface area contributed by atoms with Gasteiger partial charge in [0, 0.05) is 29.7 Å². The normalized spacial score (nSPS) is 15.1. The smallest absolute Gasteiger partial charge is 0.345 e. The van der Waals surface area contributed by atoms with Crippen molar-refractivity contribution in [3.8, 4) is 0 Å². The summed E-state index contributed by atoms with van der Waals surface area (Å²) in [6, 6.07) is 5.64. The predicted octanol–water partition coefficient (Wildman–Crippen LogP) is 3.62. The van der Waals surface area contributed by atoms with E-state index in [0.717, 1.165) is 30.5 Å². The maximum Gasteiger partial charge on any atom is 0.416 e. The molecule has 0 spiro atoms. The predicted molar refractivity (Wildman–Crippen MR) is 93.5 cm³/mol. The molecule has 142 valence electrons. The van der Waals surface area contributed by atoms with Crippen LogP contribution < -0.4 is 5.32 Å². The number of nitrogens with zero attached hydrogens (tertiary/aromatic N) is 4. The minimum atomic E-state index is -4.52. The molecule has 6 nitrogen and oxygen atoms in total. The van der Waals surface area contributed by atoms with Crippen LogP contribution in [0.1, 0.15) is 40.0 Å². The molecule has 0 aliphatic heterocycles. The Kier molecular flexibility index (Phi) is 4.29. The lowest BCUT2D eigenvalue weighted by atomic mass is 10.0. The highest BCUT2D eigenvalue weighted by molar-refractivity contribution is 6.07. The molecule has 2 heterocycles. The Morgan fingerprint density at radius 1 is 1.11 bits per heavy atom. The van der Waals surface area contributed by atoms with Crippen LogP contribution in [0.2, 0.25) is 0 Å². The number of benzene rings is 1. The number of aromatic nitrogens is 4. The van der Waals surface area contributed by atoms with Gasteiger partial charge in [0.2, 0.25) is 11.7 Å². The van der Waals surface area contributed by atoms with E-state index in [9.17, 15) is 18.0 Å². The molecular formula is C19H14F3N5O. The van der Waals surface area contributed by atoms with E-state index < -0.39 is 17.5 Å². The molecule has 1 aromatic carbocycles. The number of carbonyl (C=O) groups excluding carboxylic acids is 1. The highest BCUT2D eigenvalue weighted by atomic mass is 19.4. The average molecular weight is 385 g/mol. The van der Waals surface area contributed by atoms with Gasteiger partial charge in [-0.25, -0.2) is 19.9 Å². The Balaban J connectivity index is 1.59. The molecule has 0 atom stereocenters. The van der Waals surface area contributed by atoms with Gasteiger partial charge in [0.25, 0.3) is 0 Å². The summed E-state index contributed by atoms with van der Waals surface area (Å²) >= 11 is 0. The first-order chi connectivity index (χ1) is 13.4. The minimum absolute atomic E-state index is 0.0111. The quantitative estimate of drug-likeness (QED) is 0.676. The van der Waals surface area contributed by atoms with E-state index in [1.807, 2.05) is 0 Å². The van der Waals surface area contributed by atoms with E-state index in [4.69, 9.17) is 0 Å².